The summed E-state index contributed by atoms with van der Waals surface area (Å²) in [4.78, 5) is 39.9. The highest BCUT2D eigenvalue weighted by atomic mass is 79.9. The van der Waals surface area contributed by atoms with Crippen molar-refractivity contribution in [3.63, 3.8) is 0 Å². The second-order valence-electron chi connectivity index (χ2n) is 5.53. The van der Waals surface area contributed by atoms with Crippen molar-refractivity contribution < 1.29 is 14.4 Å². The second kappa shape index (κ2) is 5.81. The number of carbonyl (C=O) groups is 3. The summed E-state index contributed by atoms with van der Waals surface area (Å²) in [6.07, 6.45) is 0. The monoisotopic (exact) mass is 365 g/mol. The Bertz CT molecular complexity index is 661. The molecule has 0 radical (unpaired) electrons. The third kappa shape index (κ3) is 2.55. The van der Waals surface area contributed by atoms with Gasteiger partial charge in [0, 0.05) is 30.1 Å². The first kappa shape index (κ1) is 15.2. The van der Waals surface area contributed by atoms with E-state index < -0.39 is 11.8 Å². The van der Waals surface area contributed by atoms with E-state index in [9.17, 15) is 14.4 Å². The van der Waals surface area contributed by atoms with Gasteiger partial charge in [-0.3, -0.25) is 19.3 Å². The number of nitrogens with zero attached hydrogens (tertiary/aromatic N) is 2. The van der Waals surface area contributed by atoms with Crippen LogP contribution < -0.4 is 5.32 Å². The van der Waals surface area contributed by atoms with Gasteiger partial charge in [-0.1, -0.05) is 15.9 Å². The average molecular weight is 366 g/mol. The van der Waals surface area contributed by atoms with Crippen LogP contribution in [0.5, 0.6) is 0 Å². The third-order valence-corrected chi connectivity index (χ3v) is 4.54. The maximum Gasteiger partial charge on any atom is 0.262 e. The third-order valence-electron chi connectivity index (χ3n) is 4.05. The minimum atomic E-state index is -0.405. The van der Waals surface area contributed by atoms with E-state index in [1.165, 1.54) is 0 Å². The molecule has 116 valence electrons. The molecular formula is C15H16BrN3O3. The summed E-state index contributed by atoms with van der Waals surface area (Å²) in [7, 11) is 0. The van der Waals surface area contributed by atoms with Crippen molar-refractivity contribution >= 4 is 33.7 Å². The Balaban J connectivity index is 1.78. The molecule has 1 atom stereocenters. The molecule has 1 aromatic rings. The average Bonchev–Trinajstić information content (AvgIpc) is 2.72. The first-order valence-corrected chi connectivity index (χ1v) is 7.94. The molecule has 0 aliphatic carbocycles. The Labute approximate surface area is 136 Å². The lowest BCUT2D eigenvalue weighted by atomic mass is 10.1. The molecule has 1 fully saturated rings. The van der Waals surface area contributed by atoms with Crippen LogP contribution in [0.1, 0.15) is 27.6 Å². The molecule has 0 saturated carbocycles. The normalized spacial score (nSPS) is 21.3. The molecule has 7 heteroatoms. The van der Waals surface area contributed by atoms with Gasteiger partial charge in [-0.25, -0.2) is 0 Å². The minimum Gasteiger partial charge on any atom is -0.336 e. The van der Waals surface area contributed by atoms with Crippen molar-refractivity contribution in [2.24, 2.45) is 0 Å². The SMILES string of the molecule is CC1CNCCN1C(=O)CN1C(=O)c2ccc(Br)cc2C1=O. The molecule has 0 bridgehead atoms. The summed E-state index contributed by atoms with van der Waals surface area (Å²) >= 11 is 3.29. The van der Waals surface area contributed by atoms with Crippen molar-refractivity contribution in [2.45, 2.75) is 13.0 Å². The largest absolute Gasteiger partial charge is 0.336 e. The highest BCUT2D eigenvalue weighted by Gasteiger charge is 2.38. The molecule has 22 heavy (non-hydrogen) atoms. The van der Waals surface area contributed by atoms with Crippen LogP contribution in [0.2, 0.25) is 0 Å². The van der Waals surface area contributed by atoms with Crippen LogP contribution in [0, 0.1) is 0 Å². The molecule has 2 heterocycles. The number of piperazine rings is 1. The summed E-state index contributed by atoms with van der Waals surface area (Å²) in [5.41, 5.74) is 0.704. The lowest BCUT2D eigenvalue weighted by Crippen LogP contribution is -2.55. The van der Waals surface area contributed by atoms with Crippen LogP contribution in [0.4, 0.5) is 0 Å². The summed E-state index contributed by atoms with van der Waals surface area (Å²) in [6, 6.07) is 5.00. The Morgan fingerprint density at radius 3 is 2.77 bits per heavy atom. The van der Waals surface area contributed by atoms with Crippen molar-refractivity contribution in [3.8, 4) is 0 Å². The van der Waals surface area contributed by atoms with E-state index >= 15 is 0 Å². The number of nitrogens with one attached hydrogen (secondary N) is 1. The topological polar surface area (TPSA) is 69.7 Å². The van der Waals surface area contributed by atoms with E-state index in [1.54, 1.807) is 23.1 Å². The fraction of sp³-hybridized carbons (Fsp3) is 0.400. The van der Waals surface area contributed by atoms with E-state index in [-0.39, 0.29) is 18.5 Å². The molecule has 0 aromatic heterocycles. The maximum absolute atomic E-state index is 12.4. The van der Waals surface area contributed by atoms with E-state index in [1.807, 2.05) is 6.92 Å². The zero-order valence-corrected chi connectivity index (χ0v) is 13.7. The number of amides is 3. The second-order valence-corrected chi connectivity index (χ2v) is 6.44. The lowest BCUT2D eigenvalue weighted by molar-refractivity contribution is -0.134. The smallest absolute Gasteiger partial charge is 0.262 e. The van der Waals surface area contributed by atoms with Crippen LogP contribution in [0.25, 0.3) is 0 Å². The molecule has 1 saturated heterocycles. The molecule has 3 amide bonds. The van der Waals surface area contributed by atoms with Crippen LogP contribution in [-0.4, -0.2) is 59.7 Å². The van der Waals surface area contributed by atoms with Crippen LogP contribution in [0.15, 0.2) is 22.7 Å². The highest BCUT2D eigenvalue weighted by molar-refractivity contribution is 9.10. The number of halogens is 1. The summed E-state index contributed by atoms with van der Waals surface area (Å²) in [5.74, 6) is -0.997. The van der Waals surface area contributed by atoms with Crippen molar-refractivity contribution in [1.82, 2.24) is 15.1 Å². The Morgan fingerprint density at radius 2 is 2.05 bits per heavy atom. The first-order valence-electron chi connectivity index (χ1n) is 7.15. The van der Waals surface area contributed by atoms with Gasteiger partial charge in [-0.15, -0.1) is 0 Å². The molecule has 2 aliphatic heterocycles. The van der Waals surface area contributed by atoms with Crippen LogP contribution in [0.3, 0.4) is 0 Å². The zero-order chi connectivity index (χ0) is 15.9. The van der Waals surface area contributed by atoms with Crippen LogP contribution >= 0.6 is 15.9 Å². The van der Waals surface area contributed by atoms with E-state index in [0.29, 0.717) is 17.7 Å². The van der Waals surface area contributed by atoms with E-state index in [4.69, 9.17) is 0 Å². The maximum atomic E-state index is 12.4. The Kier molecular flexibility index (Phi) is 4.01. The Hall–Kier alpha value is -1.73. The number of benzene rings is 1. The fourth-order valence-corrected chi connectivity index (χ4v) is 3.21. The van der Waals surface area contributed by atoms with Gasteiger partial charge in [-0.2, -0.15) is 0 Å². The zero-order valence-electron chi connectivity index (χ0n) is 12.1. The van der Waals surface area contributed by atoms with E-state index in [0.717, 1.165) is 22.5 Å². The van der Waals surface area contributed by atoms with Gasteiger partial charge in [0.05, 0.1) is 11.1 Å². The van der Waals surface area contributed by atoms with Gasteiger partial charge >= 0.3 is 0 Å². The van der Waals surface area contributed by atoms with Crippen molar-refractivity contribution in [2.75, 3.05) is 26.2 Å². The van der Waals surface area contributed by atoms with Gasteiger partial charge in [0.15, 0.2) is 0 Å². The number of imide groups is 1. The molecule has 1 unspecified atom stereocenters. The molecule has 0 spiro atoms. The van der Waals surface area contributed by atoms with Crippen molar-refractivity contribution in [1.29, 1.82) is 0 Å². The first-order chi connectivity index (χ1) is 10.5. The molecule has 1 aromatic carbocycles. The van der Waals surface area contributed by atoms with Gasteiger partial charge in [0.2, 0.25) is 5.91 Å². The van der Waals surface area contributed by atoms with Gasteiger partial charge in [-0.05, 0) is 25.1 Å². The molecule has 1 N–H and O–H groups in total. The molecule has 3 rings (SSSR count). The van der Waals surface area contributed by atoms with Crippen molar-refractivity contribution in [3.05, 3.63) is 33.8 Å². The fourth-order valence-electron chi connectivity index (χ4n) is 2.84. The summed E-state index contributed by atoms with van der Waals surface area (Å²) < 4.78 is 0.733. The van der Waals surface area contributed by atoms with E-state index in [2.05, 4.69) is 21.2 Å². The number of fused-ring (bicyclic) bond motifs is 1. The van der Waals surface area contributed by atoms with Gasteiger partial charge in [0.1, 0.15) is 6.54 Å². The minimum absolute atomic E-state index is 0.0607. The number of hydrogen-bond donors (Lipinski definition) is 1. The Morgan fingerprint density at radius 1 is 1.32 bits per heavy atom. The molecular weight excluding hydrogens is 350 g/mol. The predicted molar refractivity (Wildman–Crippen MR) is 83.6 cm³/mol. The molecule has 2 aliphatic rings. The standard InChI is InChI=1S/C15H16BrN3O3/c1-9-7-17-4-5-18(9)13(20)8-19-14(21)11-3-2-10(16)6-12(11)15(19)22/h2-3,6,9,17H,4-5,7-8H2,1H3. The quantitative estimate of drug-likeness (QED) is 0.789. The number of rotatable bonds is 2. The van der Waals surface area contributed by atoms with Gasteiger partial charge < -0.3 is 10.2 Å². The van der Waals surface area contributed by atoms with Gasteiger partial charge in [0.25, 0.3) is 11.8 Å². The lowest BCUT2D eigenvalue weighted by Gasteiger charge is -2.34. The summed E-state index contributed by atoms with van der Waals surface area (Å²) in [5, 5.41) is 3.20. The molecule has 6 nitrogen and oxygen atoms in total. The van der Waals surface area contributed by atoms with Crippen LogP contribution in [-0.2, 0) is 4.79 Å². The number of hydrogen-bond acceptors (Lipinski definition) is 4. The highest BCUT2D eigenvalue weighted by Crippen LogP contribution is 2.26. The predicted octanol–water partition coefficient (Wildman–Crippen LogP) is 0.865. The number of carbonyl (C=O) groups excluding carboxylic acids is 3. The summed E-state index contributed by atoms with van der Waals surface area (Å²) in [6.45, 7) is 3.79.